The molecule has 1 atom stereocenters. The van der Waals surface area contributed by atoms with Crippen LogP contribution in [0.4, 0.5) is 0 Å². The van der Waals surface area contributed by atoms with Crippen molar-refractivity contribution in [2.45, 2.75) is 18.8 Å². The van der Waals surface area contributed by atoms with Crippen LogP contribution in [0.1, 0.15) is 24.3 Å². The van der Waals surface area contributed by atoms with E-state index >= 15 is 0 Å². The van der Waals surface area contributed by atoms with Crippen molar-refractivity contribution >= 4 is 29.1 Å². The second-order valence-corrected chi connectivity index (χ2v) is 4.51. The van der Waals surface area contributed by atoms with Gasteiger partial charge in [-0.25, -0.2) is 9.50 Å². The van der Waals surface area contributed by atoms with Crippen LogP contribution in [0.3, 0.4) is 0 Å². The quantitative estimate of drug-likeness (QED) is 0.613. The summed E-state index contributed by atoms with van der Waals surface area (Å²) in [7, 11) is 0. The number of carbonyl (C=O) groups excluding carboxylic acids is 2. The molecule has 3 rings (SSSR count). The highest BCUT2D eigenvalue weighted by Gasteiger charge is 2.30. The molecule has 0 spiro atoms. The van der Waals surface area contributed by atoms with Crippen LogP contribution in [0.5, 0.6) is 0 Å². The van der Waals surface area contributed by atoms with Crippen molar-refractivity contribution < 1.29 is 9.59 Å². The molecule has 1 N–H and O–H groups in total. The maximum absolute atomic E-state index is 11.8. The van der Waals surface area contributed by atoms with Gasteiger partial charge in [-0.15, -0.1) is 0 Å². The standard InChI is InChI=1S/C11H9ClN4O2/c12-8-3-4-16-10(14-8)7(5-13-16)6-1-2-9(17)15-11(6)18/h3-6H,1-2H2,(H,15,17,18). The van der Waals surface area contributed by atoms with Gasteiger partial charge >= 0.3 is 0 Å². The Balaban J connectivity index is 2.06. The molecule has 1 unspecified atom stereocenters. The molecule has 1 fully saturated rings. The predicted octanol–water partition coefficient (Wildman–Crippen LogP) is 0.903. The lowest BCUT2D eigenvalue weighted by molar-refractivity contribution is -0.134. The molecule has 7 heteroatoms. The normalized spacial score (nSPS) is 20.2. The van der Waals surface area contributed by atoms with E-state index in [4.69, 9.17) is 11.6 Å². The zero-order valence-corrected chi connectivity index (χ0v) is 10.0. The maximum atomic E-state index is 11.8. The third kappa shape index (κ3) is 1.74. The number of fused-ring (bicyclic) bond motifs is 1. The summed E-state index contributed by atoms with van der Waals surface area (Å²) in [6.07, 6.45) is 4.08. The van der Waals surface area contributed by atoms with Crippen LogP contribution in [0, 0.1) is 0 Å². The van der Waals surface area contributed by atoms with Gasteiger partial charge in [-0.3, -0.25) is 14.9 Å². The minimum absolute atomic E-state index is 0.237. The van der Waals surface area contributed by atoms with Gasteiger partial charge in [-0.1, -0.05) is 11.6 Å². The van der Waals surface area contributed by atoms with Crippen molar-refractivity contribution in [3.05, 3.63) is 29.2 Å². The first kappa shape index (κ1) is 11.2. The number of nitrogens with zero attached hydrogens (tertiary/aromatic N) is 3. The summed E-state index contributed by atoms with van der Waals surface area (Å²) < 4.78 is 1.56. The zero-order valence-electron chi connectivity index (χ0n) is 9.26. The number of amides is 2. The molecule has 2 aromatic heterocycles. The Morgan fingerprint density at radius 3 is 3.06 bits per heavy atom. The molecule has 92 valence electrons. The summed E-state index contributed by atoms with van der Waals surface area (Å²) in [6.45, 7) is 0. The van der Waals surface area contributed by atoms with Crippen LogP contribution < -0.4 is 5.32 Å². The van der Waals surface area contributed by atoms with E-state index in [1.807, 2.05) is 0 Å². The van der Waals surface area contributed by atoms with Crippen LogP contribution in [-0.4, -0.2) is 26.4 Å². The number of aromatic nitrogens is 3. The Morgan fingerprint density at radius 1 is 1.44 bits per heavy atom. The molecule has 6 nitrogen and oxygen atoms in total. The first-order valence-corrected chi connectivity index (χ1v) is 5.86. The lowest BCUT2D eigenvalue weighted by atomic mass is 9.92. The fourth-order valence-corrected chi connectivity index (χ4v) is 2.24. The maximum Gasteiger partial charge on any atom is 0.234 e. The minimum atomic E-state index is -0.397. The van der Waals surface area contributed by atoms with E-state index in [1.54, 1.807) is 23.0 Å². The van der Waals surface area contributed by atoms with Gasteiger partial charge in [0.15, 0.2) is 5.65 Å². The fraction of sp³-hybridized carbons (Fsp3) is 0.273. The van der Waals surface area contributed by atoms with E-state index in [-0.39, 0.29) is 11.8 Å². The third-order valence-electron chi connectivity index (χ3n) is 2.98. The van der Waals surface area contributed by atoms with Crippen LogP contribution in [0.2, 0.25) is 5.15 Å². The van der Waals surface area contributed by atoms with E-state index in [9.17, 15) is 9.59 Å². The Morgan fingerprint density at radius 2 is 2.28 bits per heavy atom. The number of carbonyl (C=O) groups is 2. The number of hydrogen-bond acceptors (Lipinski definition) is 4. The summed E-state index contributed by atoms with van der Waals surface area (Å²) >= 11 is 5.84. The van der Waals surface area contributed by atoms with Crippen molar-refractivity contribution in [3.8, 4) is 0 Å². The summed E-state index contributed by atoms with van der Waals surface area (Å²) in [4.78, 5) is 27.1. The van der Waals surface area contributed by atoms with Crippen LogP contribution in [-0.2, 0) is 9.59 Å². The average molecular weight is 265 g/mol. The Kier molecular flexibility index (Phi) is 2.52. The minimum Gasteiger partial charge on any atom is -0.296 e. The van der Waals surface area contributed by atoms with Gasteiger partial charge in [0.25, 0.3) is 0 Å². The highest BCUT2D eigenvalue weighted by atomic mass is 35.5. The van der Waals surface area contributed by atoms with E-state index in [1.165, 1.54) is 0 Å². The molecule has 1 saturated heterocycles. The molecule has 0 radical (unpaired) electrons. The lowest BCUT2D eigenvalue weighted by Crippen LogP contribution is -2.39. The van der Waals surface area contributed by atoms with Gasteiger partial charge < -0.3 is 0 Å². The summed E-state index contributed by atoms with van der Waals surface area (Å²) in [5, 5.41) is 6.78. The second kappa shape index (κ2) is 4.06. The summed E-state index contributed by atoms with van der Waals surface area (Å²) in [5.74, 6) is -0.937. The van der Waals surface area contributed by atoms with Crippen molar-refractivity contribution in [2.75, 3.05) is 0 Å². The Labute approximate surface area is 107 Å². The van der Waals surface area contributed by atoms with Crippen LogP contribution >= 0.6 is 11.6 Å². The van der Waals surface area contributed by atoms with Crippen molar-refractivity contribution in [2.24, 2.45) is 0 Å². The molecule has 0 bridgehead atoms. The number of hydrogen-bond donors (Lipinski definition) is 1. The van der Waals surface area contributed by atoms with Gasteiger partial charge in [0.1, 0.15) is 5.15 Å². The molecule has 3 heterocycles. The monoisotopic (exact) mass is 264 g/mol. The van der Waals surface area contributed by atoms with Crippen molar-refractivity contribution in [1.82, 2.24) is 19.9 Å². The number of nitrogens with one attached hydrogen (secondary N) is 1. The molecule has 2 aromatic rings. The SMILES string of the molecule is O=C1CCC(c2cnn3ccc(Cl)nc23)C(=O)N1. The summed E-state index contributed by atoms with van der Waals surface area (Å²) in [6, 6.07) is 1.62. The van der Waals surface area contributed by atoms with E-state index in [0.29, 0.717) is 29.2 Å². The number of piperidine rings is 1. The van der Waals surface area contributed by atoms with Gasteiger partial charge in [0, 0.05) is 18.2 Å². The average Bonchev–Trinajstić information content (AvgIpc) is 2.72. The number of imide groups is 1. The molecule has 1 aliphatic rings. The number of rotatable bonds is 1. The van der Waals surface area contributed by atoms with Gasteiger partial charge in [0.05, 0.1) is 12.1 Å². The first-order valence-electron chi connectivity index (χ1n) is 5.48. The highest BCUT2D eigenvalue weighted by Crippen LogP contribution is 2.27. The van der Waals surface area contributed by atoms with Gasteiger partial charge in [0.2, 0.25) is 11.8 Å². The molecular formula is C11H9ClN4O2. The van der Waals surface area contributed by atoms with Crippen LogP contribution in [0.15, 0.2) is 18.5 Å². The van der Waals surface area contributed by atoms with Crippen molar-refractivity contribution in [1.29, 1.82) is 0 Å². The van der Waals surface area contributed by atoms with Crippen LogP contribution in [0.25, 0.3) is 5.65 Å². The Bertz CT molecular complexity index is 652. The van der Waals surface area contributed by atoms with Gasteiger partial charge in [-0.2, -0.15) is 5.10 Å². The predicted molar refractivity (Wildman–Crippen MR) is 63.1 cm³/mol. The molecule has 0 saturated carbocycles. The smallest absolute Gasteiger partial charge is 0.234 e. The molecule has 2 amide bonds. The molecule has 0 aromatic carbocycles. The second-order valence-electron chi connectivity index (χ2n) is 4.12. The molecule has 0 aliphatic carbocycles. The Hall–Kier alpha value is -1.95. The highest BCUT2D eigenvalue weighted by molar-refractivity contribution is 6.29. The first-order chi connectivity index (χ1) is 8.65. The largest absolute Gasteiger partial charge is 0.296 e. The molecule has 18 heavy (non-hydrogen) atoms. The van der Waals surface area contributed by atoms with E-state index in [2.05, 4.69) is 15.4 Å². The van der Waals surface area contributed by atoms with Gasteiger partial charge in [-0.05, 0) is 12.5 Å². The summed E-state index contributed by atoms with van der Waals surface area (Å²) in [5.41, 5.74) is 1.25. The third-order valence-corrected chi connectivity index (χ3v) is 3.19. The van der Waals surface area contributed by atoms with E-state index in [0.717, 1.165) is 0 Å². The van der Waals surface area contributed by atoms with Crippen molar-refractivity contribution in [3.63, 3.8) is 0 Å². The van der Waals surface area contributed by atoms with E-state index < -0.39 is 5.92 Å². The molecule has 1 aliphatic heterocycles. The number of halogens is 1. The topological polar surface area (TPSA) is 76.4 Å². The molecular weight excluding hydrogens is 256 g/mol. The lowest BCUT2D eigenvalue weighted by Gasteiger charge is -2.19. The zero-order chi connectivity index (χ0) is 12.7. The fourth-order valence-electron chi connectivity index (χ4n) is 2.10.